The molecule has 0 saturated heterocycles. The third-order valence-electron chi connectivity index (χ3n) is 6.09. The summed E-state index contributed by atoms with van der Waals surface area (Å²) in [4.78, 5) is 25.9. The summed E-state index contributed by atoms with van der Waals surface area (Å²) >= 11 is 0. The number of hydrogen-bond acceptors (Lipinski definition) is 5. The van der Waals surface area contributed by atoms with Gasteiger partial charge in [-0.1, -0.05) is 24.3 Å². The van der Waals surface area contributed by atoms with Gasteiger partial charge in [-0.25, -0.2) is 13.6 Å². The second-order valence-corrected chi connectivity index (χ2v) is 8.35. The highest BCUT2D eigenvalue weighted by Gasteiger charge is 2.46. The zero-order valence-electron chi connectivity index (χ0n) is 19.4. The molecule has 0 aliphatic heterocycles. The Morgan fingerprint density at radius 1 is 0.943 bits per heavy atom. The number of carbonyl (C=O) groups excluding carboxylic acids is 2. The maximum Gasteiger partial charge on any atom is 0.332 e. The van der Waals surface area contributed by atoms with Crippen molar-refractivity contribution in [2.75, 3.05) is 20.8 Å². The number of amides is 1. The molecule has 6 nitrogen and oxygen atoms in total. The highest BCUT2D eigenvalue weighted by molar-refractivity contribution is 5.99. The first kappa shape index (κ1) is 24.2. The Hall–Kier alpha value is -3.94. The first-order chi connectivity index (χ1) is 16.8. The quantitative estimate of drug-likeness (QED) is 0.492. The third kappa shape index (κ3) is 5.11. The molecule has 1 aliphatic carbocycles. The average Bonchev–Trinajstić information content (AvgIpc) is 3.24. The fraction of sp³-hybridized carbons (Fsp3) is 0.259. The van der Waals surface area contributed by atoms with E-state index in [-0.39, 0.29) is 29.9 Å². The van der Waals surface area contributed by atoms with Crippen LogP contribution in [0.5, 0.6) is 11.5 Å². The van der Waals surface area contributed by atoms with Gasteiger partial charge in [0, 0.05) is 24.8 Å². The van der Waals surface area contributed by atoms with Crippen molar-refractivity contribution in [3.05, 3.63) is 94.6 Å². The summed E-state index contributed by atoms with van der Waals surface area (Å²) in [5, 5.41) is 2.87. The van der Waals surface area contributed by atoms with Crippen molar-refractivity contribution in [2.24, 2.45) is 0 Å². The number of ether oxygens (including phenoxy) is 3. The molecule has 0 atom stereocenters. The van der Waals surface area contributed by atoms with Gasteiger partial charge in [-0.15, -0.1) is 0 Å². The van der Waals surface area contributed by atoms with E-state index in [4.69, 9.17) is 14.2 Å². The summed E-state index contributed by atoms with van der Waals surface area (Å²) in [7, 11) is 2.75. The molecule has 0 aromatic heterocycles. The molecule has 35 heavy (non-hydrogen) atoms. The van der Waals surface area contributed by atoms with Crippen molar-refractivity contribution in [2.45, 2.75) is 24.8 Å². The summed E-state index contributed by atoms with van der Waals surface area (Å²) in [5.74, 6) is -1.43. The van der Waals surface area contributed by atoms with Crippen molar-refractivity contribution in [1.29, 1.82) is 0 Å². The summed E-state index contributed by atoms with van der Waals surface area (Å²) in [6, 6.07) is 15.5. The van der Waals surface area contributed by atoms with E-state index in [1.807, 2.05) is 24.3 Å². The minimum Gasteiger partial charge on any atom is -0.493 e. The topological polar surface area (TPSA) is 73.9 Å². The van der Waals surface area contributed by atoms with E-state index in [0.29, 0.717) is 18.6 Å². The molecule has 3 aromatic rings. The molecular formula is C27H25F2NO5. The second-order valence-electron chi connectivity index (χ2n) is 8.35. The lowest BCUT2D eigenvalue weighted by Gasteiger charge is -2.27. The Morgan fingerprint density at radius 3 is 2.31 bits per heavy atom. The maximum absolute atomic E-state index is 13.9. The summed E-state index contributed by atoms with van der Waals surface area (Å²) in [6.07, 6.45) is 0.757. The number of fused-ring (bicyclic) bond motifs is 1. The maximum atomic E-state index is 13.9. The minimum absolute atomic E-state index is 0.0310. The van der Waals surface area contributed by atoms with Crippen LogP contribution in [0.1, 0.15) is 27.0 Å². The summed E-state index contributed by atoms with van der Waals surface area (Å²) < 4.78 is 43.4. The molecule has 3 aromatic carbocycles. The van der Waals surface area contributed by atoms with Crippen LogP contribution in [-0.4, -0.2) is 38.2 Å². The largest absolute Gasteiger partial charge is 0.493 e. The van der Waals surface area contributed by atoms with Crippen LogP contribution < -0.4 is 14.8 Å². The number of carbonyl (C=O) groups is 2. The van der Waals surface area contributed by atoms with Gasteiger partial charge in [0.15, 0.2) is 11.5 Å². The number of hydrogen-bond donors (Lipinski definition) is 1. The number of esters is 1. The molecule has 8 heteroatoms. The number of benzene rings is 3. The van der Waals surface area contributed by atoms with Crippen molar-refractivity contribution < 1.29 is 32.6 Å². The predicted molar refractivity (Wildman–Crippen MR) is 125 cm³/mol. The number of nitrogens with one attached hydrogen (secondary N) is 1. The first-order valence-electron chi connectivity index (χ1n) is 11.1. The SMILES string of the molecule is COC(=O)C1(NC(=O)c2ccc(OC)c(OCCc3cc(F)ccc3F)c2)Cc2ccccc2C1. The summed E-state index contributed by atoms with van der Waals surface area (Å²) in [6.45, 7) is 0.0310. The normalized spacial score (nSPS) is 13.6. The van der Waals surface area contributed by atoms with Crippen LogP contribution in [0.2, 0.25) is 0 Å². The molecule has 1 N–H and O–H groups in total. The highest BCUT2D eigenvalue weighted by atomic mass is 19.1. The van der Waals surface area contributed by atoms with Crippen LogP contribution in [0, 0.1) is 11.6 Å². The molecule has 0 unspecified atom stereocenters. The molecule has 1 amide bonds. The highest BCUT2D eigenvalue weighted by Crippen LogP contribution is 2.33. The molecule has 0 saturated carbocycles. The molecule has 0 radical (unpaired) electrons. The first-order valence-corrected chi connectivity index (χ1v) is 11.1. The van der Waals surface area contributed by atoms with Crippen molar-refractivity contribution in [3.63, 3.8) is 0 Å². The van der Waals surface area contributed by atoms with Crippen LogP contribution in [0.4, 0.5) is 8.78 Å². The Labute approximate surface area is 201 Å². The molecule has 182 valence electrons. The van der Waals surface area contributed by atoms with E-state index in [2.05, 4.69) is 5.32 Å². The molecular weight excluding hydrogens is 456 g/mol. The molecule has 4 rings (SSSR count). The number of halogens is 2. The van der Waals surface area contributed by atoms with E-state index in [9.17, 15) is 18.4 Å². The average molecular weight is 481 g/mol. The molecule has 1 aliphatic rings. The third-order valence-corrected chi connectivity index (χ3v) is 6.09. The summed E-state index contributed by atoms with van der Waals surface area (Å²) in [5.41, 5.74) is 1.16. The predicted octanol–water partition coefficient (Wildman–Crippen LogP) is 4.04. The van der Waals surface area contributed by atoms with Crippen molar-refractivity contribution in [1.82, 2.24) is 5.32 Å². The van der Waals surface area contributed by atoms with Gasteiger partial charge < -0.3 is 19.5 Å². The Bertz CT molecular complexity index is 1240. The van der Waals surface area contributed by atoms with Gasteiger partial charge in [-0.2, -0.15) is 0 Å². The fourth-order valence-corrected chi connectivity index (χ4v) is 4.32. The van der Waals surface area contributed by atoms with E-state index in [0.717, 1.165) is 29.3 Å². The van der Waals surface area contributed by atoms with E-state index in [1.54, 1.807) is 12.1 Å². The molecule has 0 spiro atoms. The Kier molecular flexibility index (Phi) is 7.00. The molecule has 0 fully saturated rings. The Morgan fingerprint density at radius 2 is 1.66 bits per heavy atom. The number of rotatable bonds is 8. The van der Waals surface area contributed by atoms with Gasteiger partial charge in [0.05, 0.1) is 20.8 Å². The number of methoxy groups -OCH3 is 2. The monoisotopic (exact) mass is 481 g/mol. The molecule has 0 bridgehead atoms. The minimum atomic E-state index is -1.22. The van der Waals surface area contributed by atoms with Crippen LogP contribution in [0.25, 0.3) is 0 Å². The van der Waals surface area contributed by atoms with Gasteiger partial charge in [0.1, 0.15) is 17.2 Å². The van der Waals surface area contributed by atoms with Gasteiger partial charge in [-0.05, 0) is 53.1 Å². The lowest BCUT2D eigenvalue weighted by molar-refractivity contribution is -0.147. The zero-order chi connectivity index (χ0) is 25.0. The van der Waals surface area contributed by atoms with Gasteiger partial charge in [0.2, 0.25) is 0 Å². The standard InChI is InChI=1S/C27H25F2NO5/c1-33-23-10-7-18(14-24(23)35-12-11-17-13-21(28)8-9-22(17)29)25(31)30-27(26(32)34-2)15-19-5-3-4-6-20(19)16-27/h3-10,13-14H,11-12,15-16H2,1-2H3,(H,30,31). The lowest BCUT2D eigenvalue weighted by Crippen LogP contribution is -2.56. The smallest absolute Gasteiger partial charge is 0.332 e. The van der Waals surface area contributed by atoms with Gasteiger partial charge in [-0.3, -0.25) is 4.79 Å². The Balaban J connectivity index is 1.51. The van der Waals surface area contributed by atoms with Crippen LogP contribution in [0.15, 0.2) is 60.7 Å². The zero-order valence-corrected chi connectivity index (χ0v) is 19.4. The van der Waals surface area contributed by atoms with Crippen LogP contribution in [-0.2, 0) is 28.8 Å². The second kappa shape index (κ2) is 10.1. The molecule has 0 heterocycles. The van der Waals surface area contributed by atoms with E-state index in [1.165, 1.54) is 20.3 Å². The fourth-order valence-electron chi connectivity index (χ4n) is 4.32. The van der Waals surface area contributed by atoms with Crippen molar-refractivity contribution >= 4 is 11.9 Å². The van der Waals surface area contributed by atoms with Crippen LogP contribution in [0.3, 0.4) is 0 Å². The van der Waals surface area contributed by atoms with Crippen molar-refractivity contribution in [3.8, 4) is 11.5 Å². The van der Waals surface area contributed by atoms with Gasteiger partial charge >= 0.3 is 5.97 Å². The van der Waals surface area contributed by atoms with Gasteiger partial charge in [0.25, 0.3) is 5.91 Å². The van der Waals surface area contributed by atoms with E-state index >= 15 is 0 Å². The van der Waals surface area contributed by atoms with E-state index < -0.39 is 29.0 Å². The van der Waals surface area contributed by atoms with Crippen LogP contribution >= 0.6 is 0 Å². The lowest BCUT2D eigenvalue weighted by atomic mass is 9.95.